The minimum Gasteiger partial charge on any atom is -0.455 e. The van der Waals surface area contributed by atoms with Gasteiger partial charge in [0.25, 0.3) is 0 Å². The van der Waals surface area contributed by atoms with Gasteiger partial charge in [0.05, 0.1) is 5.41 Å². The molecule has 0 bridgehead atoms. The van der Waals surface area contributed by atoms with Gasteiger partial charge in [-0.15, -0.1) is 0 Å². The molecule has 5 rings (SSSR count). The van der Waals surface area contributed by atoms with Crippen molar-refractivity contribution in [2.75, 3.05) is 0 Å². The van der Waals surface area contributed by atoms with Crippen molar-refractivity contribution in [2.24, 2.45) is 16.7 Å². The van der Waals surface area contributed by atoms with E-state index >= 15 is 0 Å². The Hall–Kier alpha value is -1.80. The van der Waals surface area contributed by atoms with Gasteiger partial charge in [-0.1, -0.05) is 23.6 Å². The highest BCUT2D eigenvalue weighted by Crippen LogP contribution is 2.67. The molecule has 7 nitrogen and oxygen atoms in total. The third-order valence-electron chi connectivity index (χ3n) is 11.0. The minimum atomic E-state index is -1.69. The maximum absolute atomic E-state index is 13.2. The zero-order valence-corrected chi connectivity index (χ0v) is 21.4. The summed E-state index contributed by atoms with van der Waals surface area (Å²) in [5.41, 5.74) is -3.16. The van der Waals surface area contributed by atoms with E-state index in [1.54, 1.807) is 20.8 Å². The Balaban J connectivity index is 1.56. The number of rotatable bonds is 2. The zero-order chi connectivity index (χ0) is 25.8. The van der Waals surface area contributed by atoms with Crippen molar-refractivity contribution in [3.05, 3.63) is 34.4 Å². The van der Waals surface area contributed by atoms with Crippen LogP contribution in [0.25, 0.3) is 0 Å². The summed E-state index contributed by atoms with van der Waals surface area (Å²) < 4.78 is 5.63. The van der Waals surface area contributed by atoms with E-state index in [1.165, 1.54) is 12.2 Å². The number of cyclic esters (lactones) is 1. The van der Waals surface area contributed by atoms with Crippen LogP contribution in [0.5, 0.6) is 0 Å². The van der Waals surface area contributed by atoms with Crippen LogP contribution in [0.1, 0.15) is 79.6 Å². The molecule has 0 spiro atoms. The molecule has 35 heavy (non-hydrogen) atoms. The van der Waals surface area contributed by atoms with E-state index in [4.69, 9.17) is 4.74 Å². The van der Waals surface area contributed by atoms with E-state index in [9.17, 15) is 30.0 Å². The molecule has 2 fully saturated rings. The predicted molar refractivity (Wildman–Crippen MR) is 128 cm³/mol. The summed E-state index contributed by atoms with van der Waals surface area (Å²) in [6.07, 6.45) is 3.89. The summed E-state index contributed by atoms with van der Waals surface area (Å²) in [6.45, 7) is 8.89. The monoisotopic (exact) mass is 486 g/mol. The zero-order valence-electron chi connectivity index (χ0n) is 21.4. The van der Waals surface area contributed by atoms with Gasteiger partial charge in [0.1, 0.15) is 29.0 Å². The van der Waals surface area contributed by atoms with Crippen molar-refractivity contribution in [1.82, 2.24) is 0 Å². The lowest BCUT2D eigenvalue weighted by atomic mass is 9.46. The fraction of sp³-hybridized carbons (Fsp3) is 0.714. The van der Waals surface area contributed by atoms with Gasteiger partial charge in [-0.2, -0.15) is 0 Å². The number of carbonyl (C=O) groups is 2. The number of ketones is 1. The van der Waals surface area contributed by atoms with E-state index in [0.29, 0.717) is 44.1 Å². The Morgan fingerprint density at radius 1 is 1.09 bits per heavy atom. The van der Waals surface area contributed by atoms with Crippen LogP contribution < -0.4 is 0 Å². The molecule has 1 aliphatic heterocycles. The van der Waals surface area contributed by atoms with Crippen molar-refractivity contribution < 1.29 is 34.8 Å². The molecule has 192 valence electrons. The van der Waals surface area contributed by atoms with Gasteiger partial charge in [-0.25, -0.2) is 4.79 Å². The second kappa shape index (κ2) is 7.37. The van der Waals surface area contributed by atoms with Crippen LogP contribution in [-0.4, -0.2) is 61.2 Å². The molecule has 2 saturated carbocycles. The second-order valence-corrected chi connectivity index (χ2v) is 12.2. The van der Waals surface area contributed by atoms with Crippen LogP contribution >= 0.6 is 0 Å². The minimum absolute atomic E-state index is 0.177. The van der Waals surface area contributed by atoms with Crippen LogP contribution in [0.4, 0.5) is 0 Å². The van der Waals surface area contributed by atoms with E-state index in [0.717, 1.165) is 16.7 Å². The summed E-state index contributed by atoms with van der Waals surface area (Å²) in [6, 6.07) is 0. The summed E-state index contributed by atoms with van der Waals surface area (Å²) in [5, 5.41) is 46.3. The highest BCUT2D eigenvalue weighted by molar-refractivity contribution is 5.98. The van der Waals surface area contributed by atoms with E-state index < -0.39 is 45.8 Å². The Morgan fingerprint density at radius 3 is 2.43 bits per heavy atom. The van der Waals surface area contributed by atoms with Crippen molar-refractivity contribution in [3.8, 4) is 0 Å². The standard InChI is InChI=1S/C28H38O7/c1-15-14-22(35-23(31)16(15)2)26(5,32)28(34)13-10-18-17-8-12-27(33)21(30)7-6-20(29)25(27,4)19(17)9-11-24(18,28)3/h6-7,19,21-22,30,32-34H,8-14H2,1-5H3/t19-,21-,22+,24-,25-,26-,27+,28-/m0/s1. The molecular weight excluding hydrogens is 448 g/mol. The largest absolute Gasteiger partial charge is 0.455 e. The van der Waals surface area contributed by atoms with Crippen LogP contribution in [0.3, 0.4) is 0 Å². The number of hydrogen-bond donors (Lipinski definition) is 4. The lowest BCUT2D eigenvalue weighted by Gasteiger charge is -2.60. The normalized spacial score (nSPS) is 47.2. The number of aliphatic hydroxyl groups is 4. The van der Waals surface area contributed by atoms with Gasteiger partial charge < -0.3 is 25.2 Å². The molecule has 0 aromatic heterocycles. The molecule has 0 unspecified atom stereocenters. The first-order valence-electron chi connectivity index (χ1n) is 12.8. The third kappa shape index (κ3) is 2.81. The summed E-state index contributed by atoms with van der Waals surface area (Å²) in [7, 11) is 0. The number of hydrogen-bond acceptors (Lipinski definition) is 7. The molecular formula is C28H38O7. The topological polar surface area (TPSA) is 124 Å². The average molecular weight is 487 g/mol. The maximum Gasteiger partial charge on any atom is 0.334 e. The van der Waals surface area contributed by atoms with Crippen LogP contribution in [0, 0.1) is 16.7 Å². The first kappa shape index (κ1) is 24.9. The highest BCUT2D eigenvalue weighted by Gasteiger charge is 2.70. The Kier molecular flexibility index (Phi) is 5.24. The summed E-state index contributed by atoms with van der Waals surface area (Å²) >= 11 is 0. The highest BCUT2D eigenvalue weighted by atomic mass is 16.6. The quantitative estimate of drug-likeness (QED) is 0.349. The van der Waals surface area contributed by atoms with Crippen molar-refractivity contribution in [3.63, 3.8) is 0 Å². The first-order chi connectivity index (χ1) is 16.1. The molecule has 0 aromatic rings. The molecule has 4 N–H and O–H groups in total. The molecule has 8 atom stereocenters. The number of carbonyl (C=O) groups excluding carboxylic acids is 2. The number of aliphatic hydroxyl groups excluding tert-OH is 1. The maximum atomic E-state index is 13.2. The molecule has 0 radical (unpaired) electrons. The van der Waals surface area contributed by atoms with Crippen molar-refractivity contribution in [1.29, 1.82) is 0 Å². The molecule has 0 saturated heterocycles. The van der Waals surface area contributed by atoms with Crippen LogP contribution in [0.2, 0.25) is 0 Å². The molecule has 7 heteroatoms. The molecule has 5 aliphatic rings. The SMILES string of the molecule is CC1=C(C)C(=O)O[C@@H]([C@](C)(O)[C@]2(O)CCC3=C4CC[C@@]5(O)[C@@H](O)C=CC(=O)[C@]5(C)[C@H]4CC[C@@]32C)C1. The first-order valence-corrected chi connectivity index (χ1v) is 12.8. The molecule has 0 amide bonds. The molecule has 0 aromatic carbocycles. The number of ether oxygens (including phenoxy) is 1. The summed E-state index contributed by atoms with van der Waals surface area (Å²) in [5.74, 6) is -0.886. The predicted octanol–water partition coefficient (Wildman–Crippen LogP) is 2.66. The fourth-order valence-electron chi connectivity index (χ4n) is 8.25. The van der Waals surface area contributed by atoms with Crippen LogP contribution in [-0.2, 0) is 14.3 Å². The fourth-order valence-corrected chi connectivity index (χ4v) is 8.25. The third-order valence-corrected chi connectivity index (χ3v) is 11.0. The van der Waals surface area contributed by atoms with Crippen molar-refractivity contribution >= 4 is 11.8 Å². The molecule has 4 aliphatic carbocycles. The summed E-state index contributed by atoms with van der Waals surface area (Å²) in [4.78, 5) is 25.6. The van der Waals surface area contributed by atoms with Gasteiger partial charge in [0.15, 0.2) is 5.78 Å². The Bertz CT molecular complexity index is 1100. The number of fused-ring (bicyclic) bond motifs is 4. The second-order valence-electron chi connectivity index (χ2n) is 12.2. The van der Waals surface area contributed by atoms with Crippen LogP contribution in [0.15, 0.2) is 34.4 Å². The number of allylic oxidation sites excluding steroid dienone is 2. The van der Waals surface area contributed by atoms with E-state index in [2.05, 4.69) is 0 Å². The van der Waals surface area contributed by atoms with E-state index in [-0.39, 0.29) is 18.1 Å². The van der Waals surface area contributed by atoms with Gasteiger partial charge in [0.2, 0.25) is 0 Å². The number of esters is 1. The van der Waals surface area contributed by atoms with Gasteiger partial charge >= 0.3 is 5.97 Å². The lowest BCUT2D eigenvalue weighted by Crippen LogP contribution is -2.68. The smallest absolute Gasteiger partial charge is 0.334 e. The van der Waals surface area contributed by atoms with Gasteiger partial charge in [-0.3, -0.25) is 4.79 Å². The Morgan fingerprint density at radius 2 is 1.77 bits per heavy atom. The molecule has 1 heterocycles. The van der Waals surface area contributed by atoms with Gasteiger partial charge in [-0.05, 0) is 84.3 Å². The van der Waals surface area contributed by atoms with Crippen molar-refractivity contribution in [2.45, 2.75) is 109 Å². The lowest BCUT2D eigenvalue weighted by molar-refractivity contribution is -0.237. The Labute approximate surface area is 206 Å². The average Bonchev–Trinajstić information content (AvgIpc) is 3.09. The van der Waals surface area contributed by atoms with Gasteiger partial charge in [0, 0.05) is 17.4 Å². The van der Waals surface area contributed by atoms with E-state index in [1.807, 2.05) is 13.8 Å².